The Morgan fingerprint density at radius 2 is 2.25 bits per heavy atom. The minimum atomic E-state index is 0.00122. The maximum absolute atomic E-state index is 12.2. The molecule has 4 heteroatoms. The lowest BCUT2D eigenvalue weighted by Crippen LogP contribution is -2.20. The maximum Gasteiger partial charge on any atom is 0.224 e. The molecule has 2 saturated carbocycles. The summed E-state index contributed by atoms with van der Waals surface area (Å²) in [4.78, 5) is 12.2. The number of rotatable bonds is 3. The molecular weight excluding hydrogens is 272 g/mol. The van der Waals surface area contributed by atoms with Crippen molar-refractivity contribution in [1.82, 2.24) is 0 Å². The van der Waals surface area contributed by atoms with Crippen molar-refractivity contribution in [3.63, 3.8) is 0 Å². The van der Waals surface area contributed by atoms with Crippen LogP contribution in [-0.2, 0) is 4.79 Å². The van der Waals surface area contributed by atoms with Gasteiger partial charge in [0.15, 0.2) is 0 Å². The normalized spacial score (nSPS) is 27.3. The molecular formula is C16H17ClN2O. The summed E-state index contributed by atoms with van der Waals surface area (Å²) >= 11 is 5.92. The number of nitriles is 1. The van der Waals surface area contributed by atoms with Crippen molar-refractivity contribution in [2.24, 2.45) is 17.8 Å². The van der Waals surface area contributed by atoms with E-state index in [0.717, 1.165) is 11.8 Å². The molecule has 3 rings (SSSR count). The summed E-state index contributed by atoms with van der Waals surface area (Å²) in [5.74, 6) is 2.11. The lowest BCUT2D eigenvalue weighted by molar-refractivity contribution is -0.117. The third-order valence-corrected chi connectivity index (χ3v) is 4.94. The van der Waals surface area contributed by atoms with Gasteiger partial charge < -0.3 is 5.32 Å². The number of carbonyl (C=O) groups excluding carboxylic acids is 1. The quantitative estimate of drug-likeness (QED) is 0.915. The van der Waals surface area contributed by atoms with E-state index < -0.39 is 0 Å². The zero-order chi connectivity index (χ0) is 14.1. The number of nitrogens with one attached hydrogen (secondary N) is 1. The lowest BCUT2D eigenvalue weighted by atomic mass is 9.86. The van der Waals surface area contributed by atoms with Crippen molar-refractivity contribution in [2.45, 2.75) is 32.1 Å². The Balaban J connectivity index is 1.65. The summed E-state index contributed by atoms with van der Waals surface area (Å²) in [6.07, 6.45) is 5.69. The lowest BCUT2D eigenvalue weighted by Gasteiger charge is -2.21. The zero-order valence-electron chi connectivity index (χ0n) is 11.2. The van der Waals surface area contributed by atoms with E-state index in [-0.39, 0.29) is 5.91 Å². The average Bonchev–Trinajstić information content (AvgIpc) is 3.01. The molecule has 0 spiro atoms. The van der Waals surface area contributed by atoms with Gasteiger partial charge in [-0.15, -0.1) is 0 Å². The second kappa shape index (κ2) is 5.46. The fraction of sp³-hybridized carbons (Fsp3) is 0.500. The molecule has 2 fully saturated rings. The Labute approximate surface area is 123 Å². The molecule has 2 aliphatic rings. The Bertz CT molecular complexity index is 578. The van der Waals surface area contributed by atoms with Gasteiger partial charge in [0.25, 0.3) is 0 Å². The van der Waals surface area contributed by atoms with Crippen molar-refractivity contribution in [2.75, 3.05) is 5.32 Å². The molecule has 0 aliphatic heterocycles. The molecule has 3 nitrogen and oxygen atoms in total. The Kier molecular flexibility index (Phi) is 3.67. The molecule has 2 bridgehead atoms. The Morgan fingerprint density at radius 3 is 2.90 bits per heavy atom. The van der Waals surface area contributed by atoms with E-state index in [1.165, 1.54) is 25.7 Å². The molecule has 2 aliphatic carbocycles. The zero-order valence-corrected chi connectivity index (χ0v) is 12.0. The van der Waals surface area contributed by atoms with Gasteiger partial charge in [0, 0.05) is 11.4 Å². The standard InChI is InChI=1S/C16H17ClN2O/c17-14-4-3-12(9-18)15(8-14)19-16(20)7-13-6-10-1-2-11(13)5-10/h3-4,8,10-11,13H,1-2,5-7H2,(H,19,20). The minimum Gasteiger partial charge on any atom is -0.325 e. The molecule has 1 N–H and O–H groups in total. The summed E-state index contributed by atoms with van der Waals surface area (Å²) in [5.41, 5.74) is 0.976. The van der Waals surface area contributed by atoms with Crippen LogP contribution in [0.15, 0.2) is 18.2 Å². The van der Waals surface area contributed by atoms with Gasteiger partial charge in [-0.1, -0.05) is 18.0 Å². The number of hydrogen-bond acceptors (Lipinski definition) is 2. The van der Waals surface area contributed by atoms with Crippen LogP contribution in [-0.4, -0.2) is 5.91 Å². The maximum atomic E-state index is 12.2. The summed E-state index contributed by atoms with van der Waals surface area (Å²) in [5, 5.41) is 12.4. The monoisotopic (exact) mass is 288 g/mol. The summed E-state index contributed by atoms with van der Waals surface area (Å²) in [7, 11) is 0. The van der Waals surface area contributed by atoms with Crippen molar-refractivity contribution in [3.8, 4) is 6.07 Å². The van der Waals surface area contributed by atoms with Crippen LogP contribution in [0.4, 0.5) is 5.69 Å². The number of fused-ring (bicyclic) bond motifs is 2. The molecule has 104 valence electrons. The predicted octanol–water partition coefficient (Wildman–Crippen LogP) is 3.98. The molecule has 1 aromatic carbocycles. The van der Waals surface area contributed by atoms with E-state index in [9.17, 15) is 4.79 Å². The first-order valence-corrected chi connectivity index (χ1v) is 7.53. The van der Waals surface area contributed by atoms with E-state index in [1.54, 1.807) is 18.2 Å². The molecule has 1 amide bonds. The van der Waals surface area contributed by atoms with E-state index >= 15 is 0 Å². The molecule has 20 heavy (non-hydrogen) atoms. The third kappa shape index (κ3) is 2.66. The van der Waals surface area contributed by atoms with Crippen LogP contribution in [0.1, 0.15) is 37.7 Å². The van der Waals surface area contributed by atoms with Crippen LogP contribution >= 0.6 is 11.6 Å². The topological polar surface area (TPSA) is 52.9 Å². The van der Waals surface area contributed by atoms with Crippen LogP contribution in [0, 0.1) is 29.1 Å². The fourth-order valence-corrected chi connectivity index (χ4v) is 3.96. The fourth-order valence-electron chi connectivity index (χ4n) is 3.78. The van der Waals surface area contributed by atoms with Crippen LogP contribution in [0.5, 0.6) is 0 Å². The van der Waals surface area contributed by atoms with Crippen LogP contribution < -0.4 is 5.32 Å². The largest absolute Gasteiger partial charge is 0.325 e. The SMILES string of the molecule is N#Cc1ccc(Cl)cc1NC(=O)CC1CC2CCC1C2. The smallest absolute Gasteiger partial charge is 0.224 e. The molecule has 3 atom stereocenters. The Morgan fingerprint density at radius 1 is 1.40 bits per heavy atom. The molecule has 0 radical (unpaired) electrons. The van der Waals surface area contributed by atoms with Crippen molar-refractivity contribution in [3.05, 3.63) is 28.8 Å². The summed E-state index contributed by atoms with van der Waals surface area (Å²) < 4.78 is 0. The summed E-state index contributed by atoms with van der Waals surface area (Å²) in [6, 6.07) is 7.01. The third-order valence-electron chi connectivity index (χ3n) is 4.71. The second-order valence-electron chi connectivity index (χ2n) is 5.99. The van der Waals surface area contributed by atoms with Crippen LogP contribution in [0.25, 0.3) is 0 Å². The van der Waals surface area contributed by atoms with Crippen molar-refractivity contribution < 1.29 is 4.79 Å². The number of amides is 1. The van der Waals surface area contributed by atoms with Crippen LogP contribution in [0.2, 0.25) is 5.02 Å². The average molecular weight is 289 g/mol. The molecule has 3 unspecified atom stereocenters. The highest BCUT2D eigenvalue weighted by molar-refractivity contribution is 6.31. The minimum absolute atomic E-state index is 0.00122. The van der Waals surface area contributed by atoms with Gasteiger partial charge in [-0.05, 0) is 55.2 Å². The number of carbonyl (C=O) groups is 1. The predicted molar refractivity (Wildman–Crippen MR) is 78.4 cm³/mol. The van der Waals surface area contributed by atoms with Gasteiger partial charge in [-0.2, -0.15) is 5.26 Å². The number of halogens is 1. The first kappa shape index (κ1) is 13.5. The van der Waals surface area contributed by atoms with E-state index in [1.807, 2.05) is 0 Å². The highest BCUT2D eigenvalue weighted by Crippen LogP contribution is 2.49. The molecule has 0 heterocycles. The number of anilines is 1. The Hall–Kier alpha value is -1.53. The van der Waals surface area contributed by atoms with Gasteiger partial charge in [0.2, 0.25) is 5.91 Å². The number of hydrogen-bond donors (Lipinski definition) is 1. The van der Waals surface area contributed by atoms with Crippen molar-refractivity contribution in [1.29, 1.82) is 5.26 Å². The van der Waals surface area contributed by atoms with E-state index in [0.29, 0.717) is 28.6 Å². The van der Waals surface area contributed by atoms with Crippen molar-refractivity contribution >= 4 is 23.2 Å². The molecule has 0 saturated heterocycles. The summed E-state index contributed by atoms with van der Waals surface area (Å²) in [6.45, 7) is 0. The van der Waals surface area contributed by atoms with Gasteiger partial charge in [-0.3, -0.25) is 4.79 Å². The number of nitrogens with zero attached hydrogens (tertiary/aromatic N) is 1. The number of benzene rings is 1. The van der Waals surface area contributed by atoms with Gasteiger partial charge >= 0.3 is 0 Å². The van der Waals surface area contributed by atoms with E-state index in [4.69, 9.17) is 16.9 Å². The molecule has 1 aromatic rings. The first-order valence-electron chi connectivity index (χ1n) is 7.15. The second-order valence-corrected chi connectivity index (χ2v) is 6.43. The van der Waals surface area contributed by atoms with Gasteiger partial charge in [0.1, 0.15) is 6.07 Å². The van der Waals surface area contributed by atoms with Gasteiger partial charge in [-0.25, -0.2) is 0 Å². The highest BCUT2D eigenvalue weighted by atomic mass is 35.5. The van der Waals surface area contributed by atoms with E-state index in [2.05, 4.69) is 11.4 Å². The highest BCUT2D eigenvalue weighted by Gasteiger charge is 2.40. The molecule has 0 aromatic heterocycles. The van der Waals surface area contributed by atoms with Crippen LogP contribution in [0.3, 0.4) is 0 Å². The van der Waals surface area contributed by atoms with Gasteiger partial charge in [0.05, 0.1) is 11.3 Å². The first-order chi connectivity index (χ1) is 9.65.